The summed E-state index contributed by atoms with van der Waals surface area (Å²) in [5.41, 5.74) is 4.44. The topological polar surface area (TPSA) is 30.5 Å². The van der Waals surface area contributed by atoms with Gasteiger partial charge in [-0.25, -0.2) is 0 Å². The third kappa shape index (κ3) is 2.54. The van der Waals surface area contributed by atoms with Gasteiger partial charge >= 0.3 is 0 Å². The van der Waals surface area contributed by atoms with E-state index in [1.54, 1.807) is 7.11 Å². The van der Waals surface area contributed by atoms with Crippen molar-refractivity contribution in [3.63, 3.8) is 0 Å². The zero-order valence-corrected chi connectivity index (χ0v) is 9.90. The largest absolute Gasteiger partial charge is 0.497 e. The monoisotopic (exact) mass is 221 g/mol. The highest BCUT2D eigenvalue weighted by molar-refractivity contribution is 5.32. The summed E-state index contributed by atoms with van der Waals surface area (Å²) in [6, 6.07) is 8.84. The number of ether oxygens (including phenoxy) is 1. The van der Waals surface area contributed by atoms with Crippen LogP contribution in [0.25, 0.3) is 0 Å². The smallest absolute Gasteiger partial charge is 0.119 e. The number of nitrogens with one attached hydrogen (secondary N) is 1. The Hall–Kier alpha value is -1.06. The van der Waals surface area contributed by atoms with Crippen molar-refractivity contribution < 1.29 is 9.57 Å². The number of benzene rings is 1. The Morgan fingerprint density at radius 2 is 2.19 bits per heavy atom. The fourth-order valence-electron chi connectivity index (χ4n) is 2.08. The second kappa shape index (κ2) is 5.32. The van der Waals surface area contributed by atoms with E-state index >= 15 is 0 Å². The van der Waals surface area contributed by atoms with Crippen LogP contribution in [-0.4, -0.2) is 19.8 Å². The van der Waals surface area contributed by atoms with Crippen LogP contribution in [0.15, 0.2) is 24.3 Å². The summed E-state index contributed by atoms with van der Waals surface area (Å²) < 4.78 is 5.23. The van der Waals surface area contributed by atoms with Crippen molar-refractivity contribution in [3.8, 4) is 5.75 Å². The lowest BCUT2D eigenvalue weighted by atomic mass is 9.76. The normalized spacial score (nSPS) is 23.9. The number of methoxy groups -OCH3 is 1. The number of rotatable bonds is 5. The molecule has 3 heteroatoms. The van der Waals surface area contributed by atoms with E-state index in [1.165, 1.54) is 5.56 Å². The highest BCUT2D eigenvalue weighted by Crippen LogP contribution is 2.37. The second-order valence-electron chi connectivity index (χ2n) is 4.19. The Bertz CT molecular complexity index is 334. The Kier molecular flexibility index (Phi) is 3.80. The first-order valence-electron chi connectivity index (χ1n) is 5.84. The Balaban J connectivity index is 1.86. The molecule has 0 saturated heterocycles. The van der Waals surface area contributed by atoms with Crippen molar-refractivity contribution in [2.24, 2.45) is 0 Å². The number of hydrogen-bond acceptors (Lipinski definition) is 3. The molecule has 2 rings (SSSR count). The quantitative estimate of drug-likeness (QED) is 0.775. The molecule has 0 spiro atoms. The molecule has 3 nitrogen and oxygen atoms in total. The molecule has 1 fully saturated rings. The van der Waals surface area contributed by atoms with E-state index in [-0.39, 0.29) is 0 Å². The number of hydroxylamine groups is 1. The fourth-order valence-corrected chi connectivity index (χ4v) is 2.08. The molecule has 16 heavy (non-hydrogen) atoms. The molecule has 1 aromatic carbocycles. The van der Waals surface area contributed by atoms with Crippen molar-refractivity contribution >= 4 is 0 Å². The van der Waals surface area contributed by atoms with Crippen LogP contribution in [-0.2, 0) is 4.84 Å². The van der Waals surface area contributed by atoms with Gasteiger partial charge in [-0.05, 0) is 43.4 Å². The molecule has 0 radical (unpaired) electrons. The van der Waals surface area contributed by atoms with Crippen molar-refractivity contribution in [2.75, 3.05) is 13.7 Å². The maximum absolute atomic E-state index is 5.23. The summed E-state index contributed by atoms with van der Waals surface area (Å²) in [5, 5.41) is 0. The van der Waals surface area contributed by atoms with Crippen LogP contribution < -0.4 is 10.2 Å². The maximum atomic E-state index is 5.23. The Morgan fingerprint density at radius 3 is 2.88 bits per heavy atom. The lowest BCUT2D eigenvalue weighted by Crippen LogP contribution is -2.39. The average Bonchev–Trinajstić information content (AvgIpc) is 2.27. The minimum absolute atomic E-state index is 0.510. The molecule has 0 unspecified atom stereocenters. The molecule has 0 aliphatic heterocycles. The molecule has 0 aromatic heterocycles. The summed E-state index contributed by atoms with van der Waals surface area (Å²) in [7, 11) is 1.71. The zero-order valence-electron chi connectivity index (χ0n) is 9.90. The van der Waals surface area contributed by atoms with Gasteiger partial charge < -0.3 is 9.57 Å². The van der Waals surface area contributed by atoms with Crippen LogP contribution in [0.1, 0.15) is 31.2 Å². The first-order valence-corrected chi connectivity index (χ1v) is 5.84. The van der Waals surface area contributed by atoms with Crippen molar-refractivity contribution in [1.29, 1.82) is 0 Å². The lowest BCUT2D eigenvalue weighted by molar-refractivity contribution is -0.00158. The van der Waals surface area contributed by atoms with Crippen LogP contribution in [0, 0.1) is 0 Å². The molecule has 1 saturated carbocycles. The maximum Gasteiger partial charge on any atom is 0.119 e. The number of hydrogen-bond donors (Lipinski definition) is 1. The molecule has 1 aromatic rings. The first kappa shape index (κ1) is 11.4. The highest BCUT2D eigenvalue weighted by Gasteiger charge is 2.30. The molecule has 0 heterocycles. The van der Waals surface area contributed by atoms with E-state index in [4.69, 9.17) is 9.57 Å². The van der Waals surface area contributed by atoms with E-state index in [1.807, 2.05) is 13.0 Å². The third-order valence-electron chi connectivity index (χ3n) is 3.10. The Labute approximate surface area is 96.7 Å². The standard InChI is InChI=1S/C13H19NO2/c1-3-16-14-12-7-11(8-12)10-5-4-6-13(9-10)15-2/h4-6,9,11-12,14H,3,7-8H2,1-2H3. The third-order valence-corrected chi connectivity index (χ3v) is 3.10. The van der Waals surface area contributed by atoms with Crippen LogP contribution >= 0.6 is 0 Å². The second-order valence-corrected chi connectivity index (χ2v) is 4.19. The van der Waals surface area contributed by atoms with Crippen molar-refractivity contribution in [3.05, 3.63) is 29.8 Å². The summed E-state index contributed by atoms with van der Waals surface area (Å²) in [5.74, 6) is 1.59. The summed E-state index contributed by atoms with van der Waals surface area (Å²) >= 11 is 0. The molecular weight excluding hydrogens is 202 g/mol. The van der Waals surface area contributed by atoms with Gasteiger partial charge in [0, 0.05) is 6.04 Å². The molecule has 0 atom stereocenters. The van der Waals surface area contributed by atoms with E-state index < -0.39 is 0 Å². The molecular formula is C13H19NO2. The van der Waals surface area contributed by atoms with E-state index in [2.05, 4.69) is 23.7 Å². The van der Waals surface area contributed by atoms with Gasteiger partial charge in [0.2, 0.25) is 0 Å². The van der Waals surface area contributed by atoms with E-state index in [9.17, 15) is 0 Å². The predicted molar refractivity (Wildman–Crippen MR) is 63.5 cm³/mol. The molecule has 0 bridgehead atoms. The Morgan fingerprint density at radius 1 is 1.38 bits per heavy atom. The van der Waals surface area contributed by atoms with Crippen LogP contribution in [0.3, 0.4) is 0 Å². The average molecular weight is 221 g/mol. The van der Waals surface area contributed by atoms with Gasteiger partial charge in [-0.2, -0.15) is 5.48 Å². The van der Waals surface area contributed by atoms with E-state index in [0.29, 0.717) is 12.0 Å². The minimum Gasteiger partial charge on any atom is -0.497 e. The van der Waals surface area contributed by atoms with Crippen molar-refractivity contribution in [2.45, 2.75) is 31.7 Å². The summed E-state index contributed by atoms with van der Waals surface area (Å²) in [4.78, 5) is 5.19. The summed E-state index contributed by atoms with van der Waals surface area (Å²) in [6.45, 7) is 2.71. The van der Waals surface area contributed by atoms with Crippen LogP contribution in [0.5, 0.6) is 5.75 Å². The van der Waals surface area contributed by atoms with Gasteiger partial charge in [0.25, 0.3) is 0 Å². The van der Waals surface area contributed by atoms with Gasteiger partial charge in [-0.1, -0.05) is 12.1 Å². The zero-order chi connectivity index (χ0) is 11.4. The predicted octanol–water partition coefficient (Wildman–Crippen LogP) is 2.48. The van der Waals surface area contributed by atoms with Gasteiger partial charge in [0.15, 0.2) is 0 Å². The van der Waals surface area contributed by atoms with Crippen molar-refractivity contribution in [1.82, 2.24) is 5.48 Å². The lowest BCUT2D eigenvalue weighted by Gasteiger charge is -2.35. The first-order chi connectivity index (χ1) is 7.83. The molecule has 88 valence electrons. The van der Waals surface area contributed by atoms with E-state index in [0.717, 1.165) is 25.2 Å². The molecule has 1 aliphatic carbocycles. The van der Waals surface area contributed by atoms with Crippen LogP contribution in [0.2, 0.25) is 0 Å². The summed E-state index contributed by atoms with van der Waals surface area (Å²) in [6.07, 6.45) is 2.29. The molecule has 1 N–H and O–H groups in total. The van der Waals surface area contributed by atoms with Gasteiger partial charge in [-0.3, -0.25) is 0 Å². The fraction of sp³-hybridized carbons (Fsp3) is 0.538. The van der Waals surface area contributed by atoms with Gasteiger partial charge in [0.05, 0.1) is 13.7 Å². The minimum atomic E-state index is 0.510. The van der Waals surface area contributed by atoms with Gasteiger partial charge in [-0.15, -0.1) is 0 Å². The molecule has 0 amide bonds. The SMILES string of the molecule is CCONC1CC(c2cccc(OC)c2)C1. The molecule has 1 aliphatic rings. The van der Waals surface area contributed by atoms with Crippen LogP contribution in [0.4, 0.5) is 0 Å². The van der Waals surface area contributed by atoms with Gasteiger partial charge in [0.1, 0.15) is 5.75 Å². The highest BCUT2D eigenvalue weighted by atomic mass is 16.6.